The van der Waals surface area contributed by atoms with Crippen molar-refractivity contribution in [3.8, 4) is 0 Å². The molecule has 3 aromatic rings. The largest absolute Gasteiger partial charge is 0.323 e. The second kappa shape index (κ2) is 5.72. The standard InChI is InChI=1S/C13H13F2N5S/c1-2-10-16-12(8-4-6-21-13(8)18-10)17-11-3-5-20(19-11)7-9(14)15/h3-6,9H,2,7H2,1H3,(H,16,17,18,19). The summed E-state index contributed by atoms with van der Waals surface area (Å²) in [5.41, 5.74) is 0. The van der Waals surface area contributed by atoms with Gasteiger partial charge in [-0.15, -0.1) is 11.3 Å². The molecule has 0 fully saturated rings. The summed E-state index contributed by atoms with van der Waals surface area (Å²) in [7, 11) is 0. The Balaban J connectivity index is 1.90. The molecular weight excluding hydrogens is 296 g/mol. The van der Waals surface area contributed by atoms with Gasteiger partial charge in [-0.3, -0.25) is 4.68 Å². The first-order valence-corrected chi connectivity index (χ1v) is 7.36. The molecule has 0 bridgehead atoms. The summed E-state index contributed by atoms with van der Waals surface area (Å²) in [4.78, 5) is 9.79. The van der Waals surface area contributed by atoms with Gasteiger partial charge in [0.05, 0.1) is 5.39 Å². The van der Waals surface area contributed by atoms with E-state index in [2.05, 4.69) is 20.4 Å². The minimum absolute atomic E-state index is 0.417. The fourth-order valence-corrected chi connectivity index (χ4v) is 2.73. The van der Waals surface area contributed by atoms with Gasteiger partial charge in [0.25, 0.3) is 6.43 Å². The molecule has 5 nitrogen and oxygen atoms in total. The van der Waals surface area contributed by atoms with Crippen molar-refractivity contribution in [3.63, 3.8) is 0 Å². The van der Waals surface area contributed by atoms with Crippen molar-refractivity contribution < 1.29 is 8.78 Å². The molecule has 3 heterocycles. The molecule has 0 aliphatic carbocycles. The fourth-order valence-electron chi connectivity index (χ4n) is 1.95. The molecule has 3 aromatic heterocycles. The van der Waals surface area contributed by atoms with Crippen molar-refractivity contribution >= 4 is 33.2 Å². The Morgan fingerprint density at radius 3 is 2.95 bits per heavy atom. The Hall–Kier alpha value is -2.09. The van der Waals surface area contributed by atoms with E-state index in [-0.39, 0.29) is 0 Å². The number of nitrogens with one attached hydrogen (secondary N) is 1. The van der Waals surface area contributed by atoms with Crippen LogP contribution in [0.2, 0.25) is 0 Å². The van der Waals surface area contributed by atoms with E-state index in [9.17, 15) is 8.78 Å². The van der Waals surface area contributed by atoms with E-state index < -0.39 is 13.0 Å². The lowest BCUT2D eigenvalue weighted by Crippen LogP contribution is -2.07. The van der Waals surface area contributed by atoms with Crippen LogP contribution < -0.4 is 5.32 Å². The summed E-state index contributed by atoms with van der Waals surface area (Å²) in [6.45, 7) is 1.56. The fraction of sp³-hybridized carbons (Fsp3) is 0.308. The number of anilines is 2. The first-order chi connectivity index (χ1) is 10.2. The van der Waals surface area contributed by atoms with Crippen LogP contribution >= 0.6 is 11.3 Å². The van der Waals surface area contributed by atoms with Crippen LogP contribution in [0.5, 0.6) is 0 Å². The van der Waals surface area contributed by atoms with Gasteiger partial charge in [0, 0.05) is 18.7 Å². The number of thiophene rings is 1. The van der Waals surface area contributed by atoms with E-state index >= 15 is 0 Å². The van der Waals surface area contributed by atoms with Gasteiger partial charge in [-0.2, -0.15) is 5.10 Å². The maximum Gasteiger partial charge on any atom is 0.257 e. The van der Waals surface area contributed by atoms with E-state index in [4.69, 9.17) is 0 Å². The molecular formula is C13H13F2N5S. The Kier molecular flexibility index (Phi) is 3.78. The summed E-state index contributed by atoms with van der Waals surface area (Å²) in [6.07, 6.45) is -0.184. The third kappa shape index (κ3) is 2.99. The van der Waals surface area contributed by atoms with E-state index in [0.717, 1.165) is 22.5 Å². The molecule has 0 saturated heterocycles. The van der Waals surface area contributed by atoms with Gasteiger partial charge in [0.2, 0.25) is 0 Å². The van der Waals surface area contributed by atoms with Crippen molar-refractivity contribution in [3.05, 3.63) is 29.5 Å². The molecule has 0 unspecified atom stereocenters. The molecule has 21 heavy (non-hydrogen) atoms. The molecule has 0 radical (unpaired) electrons. The van der Waals surface area contributed by atoms with Gasteiger partial charge in [-0.05, 0) is 11.4 Å². The van der Waals surface area contributed by atoms with Crippen molar-refractivity contribution in [2.45, 2.75) is 26.3 Å². The first-order valence-electron chi connectivity index (χ1n) is 6.48. The number of hydrogen-bond donors (Lipinski definition) is 1. The second-order valence-corrected chi connectivity index (χ2v) is 5.32. The number of rotatable bonds is 5. The number of nitrogens with zero attached hydrogens (tertiary/aromatic N) is 4. The minimum atomic E-state index is -2.42. The van der Waals surface area contributed by atoms with Crippen LogP contribution in [-0.4, -0.2) is 26.2 Å². The monoisotopic (exact) mass is 309 g/mol. The van der Waals surface area contributed by atoms with Gasteiger partial charge >= 0.3 is 0 Å². The number of hydrogen-bond acceptors (Lipinski definition) is 5. The average Bonchev–Trinajstić information content (AvgIpc) is 3.07. The highest BCUT2D eigenvalue weighted by atomic mass is 32.1. The van der Waals surface area contributed by atoms with Crippen LogP contribution in [0.15, 0.2) is 23.7 Å². The molecule has 0 amide bonds. The smallest absolute Gasteiger partial charge is 0.257 e. The summed E-state index contributed by atoms with van der Waals surface area (Å²) in [5.74, 6) is 1.88. The van der Waals surface area contributed by atoms with Crippen molar-refractivity contribution in [2.24, 2.45) is 0 Å². The highest BCUT2D eigenvalue weighted by Crippen LogP contribution is 2.27. The quantitative estimate of drug-likeness (QED) is 0.784. The van der Waals surface area contributed by atoms with Crippen LogP contribution in [0.3, 0.4) is 0 Å². The SMILES string of the molecule is CCc1nc(Nc2ccn(CC(F)F)n2)c2ccsc2n1. The number of halogens is 2. The molecule has 0 aliphatic heterocycles. The van der Waals surface area contributed by atoms with Gasteiger partial charge in [-0.1, -0.05) is 6.92 Å². The molecule has 0 atom stereocenters. The highest BCUT2D eigenvalue weighted by molar-refractivity contribution is 7.16. The Labute approximate surface area is 123 Å². The lowest BCUT2D eigenvalue weighted by molar-refractivity contribution is 0.122. The summed E-state index contributed by atoms with van der Waals surface area (Å²) < 4.78 is 25.9. The molecule has 1 N–H and O–H groups in total. The molecule has 0 aliphatic rings. The van der Waals surface area contributed by atoms with E-state index in [1.807, 2.05) is 18.4 Å². The minimum Gasteiger partial charge on any atom is -0.323 e. The Morgan fingerprint density at radius 2 is 2.19 bits per heavy atom. The summed E-state index contributed by atoms with van der Waals surface area (Å²) >= 11 is 1.54. The normalized spacial score (nSPS) is 11.4. The maximum atomic E-state index is 12.3. The van der Waals surface area contributed by atoms with Crippen molar-refractivity contribution in [2.75, 3.05) is 5.32 Å². The van der Waals surface area contributed by atoms with Gasteiger partial charge < -0.3 is 5.32 Å². The van der Waals surface area contributed by atoms with E-state index in [1.54, 1.807) is 6.07 Å². The van der Waals surface area contributed by atoms with Crippen LogP contribution in [-0.2, 0) is 13.0 Å². The molecule has 0 saturated carbocycles. The maximum absolute atomic E-state index is 12.3. The predicted octanol–water partition coefficient (Wildman–Crippen LogP) is 3.46. The van der Waals surface area contributed by atoms with Crippen molar-refractivity contribution in [1.82, 2.24) is 19.7 Å². The van der Waals surface area contributed by atoms with E-state index in [0.29, 0.717) is 11.6 Å². The molecule has 110 valence electrons. The lowest BCUT2D eigenvalue weighted by atomic mass is 10.3. The topological polar surface area (TPSA) is 55.6 Å². The van der Waals surface area contributed by atoms with E-state index in [1.165, 1.54) is 22.2 Å². The van der Waals surface area contributed by atoms with Gasteiger partial charge in [0.15, 0.2) is 5.82 Å². The number of aryl methyl sites for hydroxylation is 1. The average molecular weight is 309 g/mol. The van der Waals surface area contributed by atoms with Gasteiger partial charge in [0.1, 0.15) is 23.0 Å². The Bertz CT molecular complexity index is 752. The zero-order chi connectivity index (χ0) is 14.8. The third-order valence-corrected chi connectivity index (χ3v) is 3.71. The van der Waals surface area contributed by atoms with Crippen LogP contribution in [0.4, 0.5) is 20.4 Å². The van der Waals surface area contributed by atoms with Crippen LogP contribution in [0, 0.1) is 0 Å². The molecule has 0 aromatic carbocycles. The van der Waals surface area contributed by atoms with Crippen LogP contribution in [0.25, 0.3) is 10.2 Å². The number of aromatic nitrogens is 4. The Morgan fingerprint density at radius 1 is 1.33 bits per heavy atom. The highest BCUT2D eigenvalue weighted by Gasteiger charge is 2.10. The summed E-state index contributed by atoms with van der Waals surface area (Å²) in [6, 6.07) is 3.58. The van der Waals surface area contributed by atoms with Gasteiger partial charge in [-0.25, -0.2) is 18.7 Å². The molecule has 0 spiro atoms. The third-order valence-electron chi connectivity index (χ3n) is 2.90. The molecule has 3 rings (SSSR count). The zero-order valence-electron chi connectivity index (χ0n) is 11.3. The van der Waals surface area contributed by atoms with Crippen molar-refractivity contribution in [1.29, 1.82) is 0 Å². The van der Waals surface area contributed by atoms with Crippen LogP contribution in [0.1, 0.15) is 12.7 Å². The lowest BCUT2D eigenvalue weighted by Gasteiger charge is -2.06. The summed E-state index contributed by atoms with van der Waals surface area (Å²) in [5, 5.41) is 9.99. The second-order valence-electron chi connectivity index (χ2n) is 4.42. The zero-order valence-corrected chi connectivity index (χ0v) is 12.1. The number of alkyl halides is 2. The predicted molar refractivity (Wildman–Crippen MR) is 78.3 cm³/mol. The molecule has 8 heteroatoms. The number of fused-ring (bicyclic) bond motifs is 1. The first kappa shape index (κ1) is 13.9.